The summed E-state index contributed by atoms with van der Waals surface area (Å²) in [7, 11) is -3.87. The average molecular weight is 271 g/mol. The maximum atomic E-state index is 12.0. The summed E-state index contributed by atoms with van der Waals surface area (Å²) < 4.78 is 26.4. The smallest absolute Gasteiger partial charge is 0.289 e. The summed E-state index contributed by atoms with van der Waals surface area (Å²) in [4.78, 5) is 9.77. The Balaban J connectivity index is 2.27. The second-order valence-corrected chi connectivity index (χ2v) is 5.96. The zero-order chi connectivity index (χ0) is 13.3. The Labute approximate surface area is 104 Å². The van der Waals surface area contributed by atoms with Crippen molar-refractivity contribution in [3.63, 3.8) is 0 Å². The van der Waals surface area contributed by atoms with E-state index in [9.17, 15) is 18.5 Å². The molecule has 1 aromatic rings. The molecule has 0 unspecified atom stereocenters. The molecular formula is C10H13N3O4S. The van der Waals surface area contributed by atoms with Crippen molar-refractivity contribution in [3.8, 4) is 0 Å². The van der Waals surface area contributed by atoms with Crippen molar-refractivity contribution in [2.75, 3.05) is 0 Å². The van der Waals surface area contributed by atoms with Crippen molar-refractivity contribution < 1.29 is 13.3 Å². The molecule has 8 heteroatoms. The van der Waals surface area contributed by atoms with Crippen LogP contribution >= 0.6 is 0 Å². The van der Waals surface area contributed by atoms with Crippen molar-refractivity contribution in [3.05, 3.63) is 34.4 Å². The molecule has 0 saturated heterocycles. The molecule has 98 valence electrons. The van der Waals surface area contributed by atoms with Gasteiger partial charge in [-0.2, -0.15) is 0 Å². The zero-order valence-electron chi connectivity index (χ0n) is 9.44. The molecule has 0 spiro atoms. The van der Waals surface area contributed by atoms with Crippen molar-refractivity contribution in [1.82, 2.24) is 4.72 Å². The van der Waals surface area contributed by atoms with Crippen LogP contribution in [0.15, 0.2) is 29.2 Å². The molecule has 2 rings (SSSR count). The van der Waals surface area contributed by atoms with Gasteiger partial charge in [0, 0.05) is 18.2 Å². The number of nitrogens with one attached hydrogen (secondary N) is 1. The summed E-state index contributed by atoms with van der Waals surface area (Å²) >= 11 is 0. The fourth-order valence-electron chi connectivity index (χ4n) is 1.88. The molecule has 0 atom stereocenters. The summed E-state index contributed by atoms with van der Waals surface area (Å²) in [6.45, 7) is 0. The van der Waals surface area contributed by atoms with E-state index in [0.29, 0.717) is 12.8 Å². The highest BCUT2D eigenvalue weighted by atomic mass is 32.2. The number of rotatable bonds is 4. The predicted octanol–water partition coefficient (Wildman–Crippen LogP) is 0.363. The minimum absolute atomic E-state index is 0.00320. The standard InChI is InChI=1S/C10H13N3O4S/c11-7-5-8(6-7)12-18(16,17)10-4-2-1-3-9(10)13(14)15/h1-4,7-8,12H,5-6,11H2. The van der Waals surface area contributed by atoms with E-state index in [1.54, 1.807) is 0 Å². The highest BCUT2D eigenvalue weighted by Crippen LogP contribution is 2.25. The number of nitro groups is 1. The van der Waals surface area contributed by atoms with Crippen LogP contribution in [0.4, 0.5) is 5.69 Å². The van der Waals surface area contributed by atoms with Crippen LogP contribution in [0.5, 0.6) is 0 Å². The van der Waals surface area contributed by atoms with E-state index in [2.05, 4.69) is 4.72 Å². The van der Waals surface area contributed by atoms with Gasteiger partial charge in [0.2, 0.25) is 10.0 Å². The molecule has 0 aliphatic heterocycles. The third-order valence-electron chi connectivity index (χ3n) is 2.85. The first-order chi connectivity index (χ1) is 8.40. The molecule has 1 aromatic carbocycles. The molecule has 1 saturated carbocycles. The van der Waals surface area contributed by atoms with Gasteiger partial charge in [-0.15, -0.1) is 0 Å². The van der Waals surface area contributed by atoms with Crippen molar-refractivity contribution in [2.24, 2.45) is 5.73 Å². The van der Waals surface area contributed by atoms with Gasteiger partial charge in [0.1, 0.15) is 0 Å². The Kier molecular flexibility index (Phi) is 3.33. The van der Waals surface area contributed by atoms with E-state index in [-0.39, 0.29) is 17.0 Å². The Morgan fingerprint density at radius 3 is 2.50 bits per heavy atom. The first-order valence-electron chi connectivity index (χ1n) is 5.41. The fraction of sp³-hybridized carbons (Fsp3) is 0.400. The number of hydrogen-bond donors (Lipinski definition) is 2. The normalized spacial score (nSPS) is 23.4. The largest absolute Gasteiger partial charge is 0.328 e. The molecule has 7 nitrogen and oxygen atoms in total. The Morgan fingerprint density at radius 2 is 1.94 bits per heavy atom. The number of nitrogens with two attached hydrogens (primary N) is 1. The quantitative estimate of drug-likeness (QED) is 0.606. The number of sulfonamides is 1. The van der Waals surface area contributed by atoms with Gasteiger partial charge >= 0.3 is 0 Å². The van der Waals surface area contributed by atoms with Gasteiger partial charge in [0.05, 0.1) is 4.92 Å². The average Bonchev–Trinajstić information content (AvgIpc) is 2.26. The maximum Gasteiger partial charge on any atom is 0.289 e. The summed E-state index contributed by atoms with van der Waals surface area (Å²) in [6, 6.07) is 5.04. The summed E-state index contributed by atoms with van der Waals surface area (Å²) in [6.07, 6.45) is 1.11. The van der Waals surface area contributed by atoms with Gasteiger partial charge < -0.3 is 5.73 Å². The van der Waals surface area contributed by atoms with Gasteiger partial charge in [0.15, 0.2) is 4.90 Å². The highest BCUT2D eigenvalue weighted by Gasteiger charge is 2.33. The second-order valence-electron chi connectivity index (χ2n) is 4.27. The van der Waals surface area contributed by atoms with Crippen LogP contribution in [0.2, 0.25) is 0 Å². The molecular weight excluding hydrogens is 258 g/mol. The van der Waals surface area contributed by atoms with Gasteiger partial charge in [-0.05, 0) is 18.9 Å². The first kappa shape index (κ1) is 12.9. The van der Waals surface area contributed by atoms with E-state index < -0.39 is 20.6 Å². The van der Waals surface area contributed by atoms with E-state index in [1.165, 1.54) is 24.3 Å². The Morgan fingerprint density at radius 1 is 1.33 bits per heavy atom. The van der Waals surface area contributed by atoms with E-state index >= 15 is 0 Å². The Bertz CT molecular complexity index is 566. The minimum atomic E-state index is -3.87. The molecule has 18 heavy (non-hydrogen) atoms. The van der Waals surface area contributed by atoms with E-state index in [0.717, 1.165) is 0 Å². The summed E-state index contributed by atoms with van der Waals surface area (Å²) in [5.41, 5.74) is 5.14. The second kappa shape index (κ2) is 4.63. The highest BCUT2D eigenvalue weighted by molar-refractivity contribution is 7.89. The molecule has 1 fully saturated rings. The lowest BCUT2D eigenvalue weighted by Crippen LogP contribution is -2.50. The van der Waals surface area contributed by atoms with E-state index in [1.807, 2.05) is 0 Å². The lowest BCUT2D eigenvalue weighted by Gasteiger charge is -2.32. The molecule has 1 aliphatic rings. The van der Waals surface area contributed by atoms with Crippen LogP contribution in [0, 0.1) is 10.1 Å². The molecule has 0 radical (unpaired) electrons. The third-order valence-corrected chi connectivity index (χ3v) is 4.42. The van der Waals surface area contributed by atoms with E-state index in [4.69, 9.17) is 5.73 Å². The lowest BCUT2D eigenvalue weighted by molar-refractivity contribution is -0.387. The van der Waals surface area contributed by atoms with Gasteiger partial charge in [-0.1, -0.05) is 12.1 Å². The van der Waals surface area contributed by atoms with Gasteiger partial charge in [-0.25, -0.2) is 13.1 Å². The molecule has 3 N–H and O–H groups in total. The maximum absolute atomic E-state index is 12.0. The monoisotopic (exact) mass is 271 g/mol. The summed E-state index contributed by atoms with van der Waals surface area (Å²) in [5.74, 6) is 0. The SMILES string of the molecule is NC1CC(NS(=O)(=O)c2ccccc2[N+](=O)[O-])C1. The van der Waals surface area contributed by atoms with Crippen molar-refractivity contribution >= 4 is 15.7 Å². The third kappa shape index (κ3) is 2.50. The number of hydrogen-bond acceptors (Lipinski definition) is 5. The molecule has 0 bridgehead atoms. The Hall–Kier alpha value is -1.51. The van der Waals surface area contributed by atoms with Crippen LogP contribution in [0.3, 0.4) is 0 Å². The first-order valence-corrected chi connectivity index (χ1v) is 6.90. The van der Waals surface area contributed by atoms with Crippen LogP contribution in [0.1, 0.15) is 12.8 Å². The minimum Gasteiger partial charge on any atom is -0.328 e. The lowest BCUT2D eigenvalue weighted by atomic mass is 9.89. The van der Waals surface area contributed by atoms with Crippen LogP contribution in [-0.4, -0.2) is 25.4 Å². The van der Waals surface area contributed by atoms with Crippen LogP contribution < -0.4 is 10.5 Å². The number of nitro benzene ring substituents is 1. The number of nitrogens with zero attached hydrogens (tertiary/aromatic N) is 1. The van der Waals surface area contributed by atoms with Crippen molar-refractivity contribution in [2.45, 2.75) is 29.8 Å². The zero-order valence-corrected chi connectivity index (χ0v) is 10.3. The van der Waals surface area contributed by atoms with Gasteiger partial charge in [0.25, 0.3) is 5.69 Å². The summed E-state index contributed by atoms with van der Waals surface area (Å²) in [5, 5.41) is 10.8. The van der Waals surface area contributed by atoms with Crippen LogP contribution in [0.25, 0.3) is 0 Å². The topological polar surface area (TPSA) is 115 Å². The number of para-hydroxylation sites is 1. The van der Waals surface area contributed by atoms with Crippen molar-refractivity contribution in [1.29, 1.82) is 0 Å². The molecule has 0 heterocycles. The van der Waals surface area contributed by atoms with Gasteiger partial charge in [-0.3, -0.25) is 10.1 Å². The molecule has 0 aromatic heterocycles. The fourth-order valence-corrected chi connectivity index (χ4v) is 3.31. The predicted molar refractivity (Wildman–Crippen MR) is 64.4 cm³/mol. The van der Waals surface area contributed by atoms with Crippen LogP contribution in [-0.2, 0) is 10.0 Å². The molecule has 1 aliphatic carbocycles. The molecule has 0 amide bonds. The number of benzene rings is 1.